The molecule has 1 aromatic carbocycles. The zero-order valence-electron chi connectivity index (χ0n) is 10.9. The van der Waals surface area contributed by atoms with Crippen molar-refractivity contribution in [3.63, 3.8) is 0 Å². The summed E-state index contributed by atoms with van der Waals surface area (Å²) in [6.45, 7) is 3.50. The van der Waals surface area contributed by atoms with Gasteiger partial charge in [-0.2, -0.15) is 0 Å². The minimum Gasteiger partial charge on any atom is -0.229 e. The second kappa shape index (κ2) is 4.57. The van der Waals surface area contributed by atoms with Crippen molar-refractivity contribution in [1.29, 1.82) is 0 Å². The van der Waals surface area contributed by atoms with E-state index in [2.05, 4.69) is 4.72 Å². The van der Waals surface area contributed by atoms with Gasteiger partial charge in [-0.3, -0.25) is 0 Å². The van der Waals surface area contributed by atoms with E-state index in [0.717, 1.165) is 5.56 Å². The number of benzene rings is 1. The maximum Gasteiger partial charge on any atom is 0.241 e. The molecular weight excluding hydrogens is 286 g/mol. The van der Waals surface area contributed by atoms with Gasteiger partial charge in [0.25, 0.3) is 0 Å². The molecule has 0 radical (unpaired) electrons. The Morgan fingerprint density at radius 1 is 1.21 bits per heavy atom. The molecule has 7 heteroatoms. The number of hydrogen-bond donors (Lipinski definition) is 1. The fraction of sp³-hybridized carbons (Fsp3) is 0.500. The SMILES string of the molecule is Cc1ccc(S(=O)(=O)N[C@]2(C)CCS(=O)(=O)C2)cc1. The number of rotatable bonds is 3. The zero-order chi connectivity index (χ0) is 14.3. The van der Waals surface area contributed by atoms with E-state index in [1.807, 2.05) is 6.92 Å². The largest absolute Gasteiger partial charge is 0.241 e. The standard InChI is InChI=1S/C12H17NO4S2/c1-10-3-5-11(6-4-10)19(16,17)13-12(2)7-8-18(14,15)9-12/h3-6,13H,7-9H2,1-2H3/t12-/m1/s1. The molecular formula is C12H17NO4S2. The molecule has 19 heavy (non-hydrogen) atoms. The van der Waals surface area contributed by atoms with Crippen molar-refractivity contribution in [3.8, 4) is 0 Å². The van der Waals surface area contributed by atoms with Crippen LogP contribution in [0, 0.1) is 6.92 Å². The molecule has 0 spiro atoms. The first kappa shape index (κ1) is 14.5. The molecule has 0 aromatic heterocycles. The quantitative estimate of drug-likeness (QED) is 0.897. The van der Waals surface area contributed by atoms with Gasteiger partial charge < -0.3 is 0 Å². The fourth-order valence-electron chi connectivity index (χ4n) is 2.19. The lowest BCUT2D eigenvalue weighted by molar-refractivity contribution is 0.462. The third-order valence-corrected chi connectivity index (χ3v) is 6.77. The van der Waals surface area contributed by atoms with Crippen LogP contribution >= 0.6 is 0 Å². The Bertz CT molecular complexity index is 677. The van der Waals surface area contributed by atoms with Gasteiger partial charge in [-0.25, -0.2) is 21.6 Å². The van der Waals surface area contributed by atoms with Crippen LogP contribution in [0.1, 0.15) is 18.9 Å². The molecule has 1 saturated heterocycles. The van der Waals surface area contributed by atoms with Gasteiger partial charge in [0.15, 0.2) is 9.84 Å². The van der Waals surface area contributed by atoms with E-state index >= 15 is 0 Å². The Labute approximate surface area is 114 Å². The summed E-state index contributed by atoms with van der Waals surface area (Å²) < 4.78 is 49.9. The van der Waals surface area contributed by atoms with Gasteiger partial charge in [-0.1, -0.05) is 17.7 Å². The molecule has 1 fully saturated rings. The molecule has 2 rings (SSSR count). The molecule has 0 unspecified atom stereocenters. The number of aryl methyl sites for hydroxylation is 1. The average Bonchev–Trinajstić information content (AvgIpc) is 2.52. The van der Waals surface area contributed by atoms with Gasteiger partial charge in [0.2, 0.25) is 10.0 Å². The minimum absolute atomic E-state index is 0.0277. The minimum atomic E-state index is -3.68. The van der Waals surface area contributed by atoms with Gasteiger partial charge in [-0.15, -0.1) is 0 Å². The van der Waals surface area contributed by atoms with Crippen LogP contribution in [-0.4, -0.2) is 33.9 Å². The van der Waals surface area contributed by atoms with Crippen LogP contribution in [0.15, 0.2) is 29.2 Å². The second-order valence-electron chi connectivity index (χ2n) is 5.32. The van der Waals surface area contributed by atoms with Crippen molar-refractivity contribution in [2.45, 2.75) is 30.7 Å². The molecule has 0 saturated carbocycles. The van der Waals surface area contributed by atoms with E-state index in [-0.39, 0.29) is 16.4 Å². The van der Waals surface area contributed by atoms with E-state index in [1.54, 1.807) is 19.1 Å². The molecule has 106 valence electrons. The summed E-state index contributed by atoms with van der Waals surface area (Å²) in [7, 11) is -6.83. The van der Waals surface area contributed by atoms with E-state index in [4.69, 9.17) is 0 Å². The highest BCUT2D eigenvalue weighted by atomic mass is 32.2. The Hall–Kier alpha value is -0.920. The van der Waals surface area contributed by atoms with Crippen LogP contribution in [-0.2, 0) is 19.9 Å². The van der Waals surface area contributed by atoms with E-state index in [1.165, 1.54) is 12.1 Å². The number of sulfone groups is 1. The van der Waals surface area contributed by atoms with Crippen LogP contribution in [0.25, 0.3) is 0 Å². The third-order valence-electron chi connectivity index (χ3n) is 3.22. The van der Waals surface area contributed by atoms with Crippen molar-refractivity contribution in [2.75, 3.05) is 11.5 Å². The monoisotopic (exact) mass is 303 g/mol. The first-order chi connectivity index (χ1) is 8.62. The molecule has 1 aromatic rings. The van der Waals surface area contributed by atoms with Crippen molar-refractivity contribution in [3.05, 3.63) is 29.8 Å². The number of sulfonamides is 1. The maximum atomic E-state index is 12.2. The van der Waals surface area contributed by atoms with Crippen molar-refractivity contribution in [1.82, 2.24) is 4.72 Å². The summed E-state index contributed by atoms with van der Waals surface area (Å²) in [5, 5.41) is 0. The van der Waals surface area contributed by atoms with E-state index in [0.29, 0.717) is 6.42 Å². The van der Waals surface area contributed by atoms with Crippen molar-refractivity contribution < 1.29 is 16.8 Å². The maximum absolute atomic E-state index is 12.2. The zero-order valence-corrected chi connectivity index (χ0v) is 12.5. The smallest absolute Gasteiger partial charge is 0.229 e. The first-order valence-electron chi connectivity index (χ1n) is 5.93. The predicted octanol–water partition coefficient (Wildman–Crippen LogP) is 0.851. The van der Waals surface area contributed by atoms with Crippen LogP contribution < -0.4 is 4.72 Å². The lowest BCUT2D eigenvalue weighted by Gasteiger charge is -2.23. The molecule has 1 aliphatic heterocycles. The van der Waals surface area contributed by atoms with Crippen LogP contribution in [0.3, 0.4) is 0 Å². The third kappa shape index (κ3) is 3.34. The first-order valence-corrected chi connectivity index (χ1v) is 9.24. The van der Waals surface area contributed by atoms with Gasteiger partial charge in [0.1, 0.15) is 0 Å². The normalized spacial score (nSPS) is 26.4. The van der Waals surface area contributed by atoms with E-state index in [9.17, 15) is 16.8 Å². The lowest BCUT2D eigenvalue weighted by atomic mass is 10.0. The molecule has 1 atom stereocenters. The highest BCUT2D eigenvalue weighted by molar-refractivity contribution is 7.92. The van der Waals surface area contributed by atoms with Crippen LogP contribution in [0.4, 0.5) is 0 Å². The average molecular weight is 303 g/mol. The molecule has 0 bridgehead atoms. The summed E-state index contributed by atoms with van der Waals surface area (Å²) in [4.78, 5) is 0.156. The summed E-state index contributed by atoms with van der Waals surface area (Å²) in [6.07, 6.45) is 0.306. The number of hydrogen-bond acceptors (Lipinski definition) is 4. The molecule has 1 heterocycles. The molecule has 1 aliphatic rings. The van der Waals surface area contributed by atoms with Gasteiger partial charge in [0.05, 0.1) is 16.4 Å². The summed E-state index contributed by atoms with van der Waals surface area (Å²) in [5.74, 6) is -0.120. The Morgan fingerprint density at radius 3 is 2.26 bits per heavy atom. The Kier molecular flexibility index (Phi) is 3.49. The van der Waals surface area contributed by atoms with Gasteiger partial charge in [-0.05, 0) is 32.4 Å². The molecule has 1 N–H and O–H groups in total. The molecule has 0 aliphatic carbocycles. The Morgan fingerprint density at radius 2 is 1.79 bits per heavy atom. The fourth-order valence-corrected chi connectivity index (χ4v) is 5.81. The lowest BCUT2D eigenvalue weighted by Crippen LogP contribution is -2.46. The molecule has 5 nitrogen and oxygen atoms in total. The summed E-state index contributed by atoms with van der Waals surface area (Å²) in [5.41, 5.74) is 0.0522. The topological polar surface area (TPSA) is 80.3 Å². The Balaban J connectivity index is 2.25. The highest BCUT2D eigenvalue weighted by Gasteiger charge is 2.41. The molecule has 0 amide bonds. The van der Waals surface area contributed by atoms with Crippen LogP contribution in [0.2, 0.25) is 0 Å². The predicted molar refractivity (Wildman–Crippen MR) is 73.2 cm³/mol. The van der Waals surface area contributed by atoms with Crippen molar-refractivity contribution >= 4 is 19.9 Å². The number of nitrogens with one attached hydrogen (secondary N) is 1. The van der Waals surface area contributed by atoms with Crippen molar-refractivity contribution in [2.24, 2.45) is 0 Å². The summed E-state index contributed by atoms with van der Waals surface area (Å²) in [6, 6.07) is 6.46. The summed E-state index contributed by atoms with van der Waals surface area (Å²) >= 11 is 0. The highest BCUT2D eigenvalue weighted by Crippen LogP contribution is 2.25. The van der Waals surface area contributed by atoms with Gasteiger partial charge in [0, 0.05) is 5.54 Å². The second-order valence-corrected chi connectivity index (χ2v) is 9.19. The van der Waals surface area contributed by atoms with Crippen LogP contribution in [0.5, 0.6) is 0 Å². The van der Waals surface area contributed by atoms with E-state index < -0.39 is 25.4 Å². The van der Waals surface area contributed by atoms with Gasteiger partial charge >= 0.3 is 0 Å².